The van der Waals surface area contributed by atoms with Crippen LogP contribution in [0.1, 0.15) is 19.3 Å². The van der Waals surface area contributed by atoms with Crippen molar-refractivity contribution in [3.05, 3.63) is 18.2 Å². The monoisotopic (exact) mass is 218 g/mol. The number of anilines is 2. The van der Waals surface area contributed by atoms with Crippen LogP contribution in [0.25, 0.3) is 0 Å². The van der Waals surface area contributed by atoms with Crippen LogP contribution in [0.5, 0.6) is 5.75 Å². The summed E-state index contributed by atoms with van der Waals surface area (Å²) in [6.07, 6.45) is 2.90. The number of amides is 1. The van der Waals surface area contributed by atoms with Gasteiger partial charge >= 0.3 is 0 Å². The SMILES string of the molecule is O=C1CC(C2CC2)Nc2cc(O)ccc2N1. The van der Waals surface area contributed by atoms with Crippen molar-refractivity contribution in [2.45, 2.75) is 25.3 Å². The topological polar surface area (TPSA) is 61.4 Å². The van der Waals surface area contributed by atoms with Gasteiger partial charge in [0.2, 0.25) is 5.91 Å². The maximum atomic E-state index is 11.7. The van der Waals surface area contributed by atoms with Crippen molar-refractivity contribution in [1.29, 1.82) is 0 Å². The fraction of sp³-hybridized carbons (Fsp3) is 0.417. The number of aromatic hydroxyl groups is 1. The van der Waals surface area contributed by atoms with E-state index in [1.165, 1.54) is 12.8 Å². The summed E-state index contributed by atoms with van der Waals surface area (Å²) in [5.74, 6) is 0.879. The van der Waals surface area contributed by atoms with Crippen molar-refractivity contribution in [2.24, 2.45) is 5.92 Å². The van der Waals surface area contributed by atoms with Crippen LogP contribution in [-0.4, -0.2) is 17.1 Å². The highest BCUT2D eigenvalue weighted by molar-refractivity contribution is 5.96. The van der Waals surface area contributed by atoms with E-state index in [1.54, 1.807) is 18.2 Å². The van der Waals surface area contributed by atoms with Crippen molar-refractivity contribution in [1.82, 2.24) is 0 Å². The summed E-state index contributed by atoms with van der Waals surface area (Å²) in [5, 5.41) is 15.6. The third-order valence-electron chi connectivity index (χ3n) is 3.21. The van der Waals surface area contributed by atoms with E-state index in [0.29, 0.717) is 12.3 Å². The number of phenolic OH excluding ortho intramolecular Hbond substituents is 1. The Kier molecular flexibility index (Phi) is 2.02. The number of hydrogen-bond acceptors (Lipinski definition) is 3. The molecule has 0 bridgehead atoms. The molecule has 1 amide bonds. The molecule has 1 aromatic carbocycles. The first-order chi connectivity index (χ1) is 7.72. The molecule has 4 nitrogen and oxygen atoms in total. The van der Waals surface area contributed by atoms with Crippen molar-refractivity contribution in [3.8, 4) is 5.75 Å². The average Bonchev–Trinajstić information content (AvgIpc) is 3.02. The molecule has 1 atom stereocenters. The highest BCUT2D eigenvalue weighted by Gasteiger charge is 2.34. The van der Waals surface area contributed by atoms with Gasteiger partial charge in [-0.2, -0.15) is 0 Å². The Morgan fingerprint density at radius 3 is 2.81 bits per heavy atom. The van der Waals surface area contributed by atoms with Crippen LogP contribution in [0, 0.1) is 5.92 Å². The highest BCUT2D eigenvalue weighted by atomic mass is 16.3. The van der Waals surface area contributed by atoms with E-state index < -0.39 is 0 Å². The third-order valence-corrected chi connectivity index (χ3v) is 3.21. The zero-order valence-electron chi connectivity index (χ0n) is 8.86. The number of hydrogen-bond donors (Lipinski definition) is 3. The molecule has 1 saturated carbocycles. The van der Waals surface area contributed by atoms with Crippen LogP contribution in [0.2, 0.25) is 0 Å². The Morgan fingerprint density at radius 2 is 2.06 bits per heavy atom. The van der Waals surface area contributed by atoms with Crippen LogP contribution in [0.4, 0.5) is 11.4 Å². The van der Waals surface area contributed by atoms with E-state index in [4.69, 9.17) is 0 Å². The van der Waals surface area contributed by atoms with E-state index in [0.717, 1.165) is 11.4 Å². The van der Waals surface area contributed by atoms with Gasteiger partial charge in [0.25, 0.3) is 0 Å². The summed E-state index contributed by atoms with van der Waals surface area (Å²) in [7, 11) is 0. The molecule has 0 saturated heterocycles. The van der Waals surface area contributed by atoms with Gasteiger partial charge in [0, 0.05) is 18.5 Å². The van der Waals surface area contributed by atoms with E-state index in [1.807, 2.05) is 0 Å². The number of carbonyl (C=O) groups excluding carboxylic acids is 1. The lowest BCUT2D eigenvalue weighted by molar-refractivity contribution is -0.116. The molecule has 1 aliphatic carbocycles. The summed E-state index contributed by atoms with van der Waals surface area (Å²) in [5.41, 5.74) is 1.58. The Hall–Kier alpha value is -1.71. The summed E-state index contributed by atoms with van der Waals surface area (Å²) in [6, 6.07) is 5.18. The molecule has 0 radical (unpaired) electrons. The predicted molar refractivity (Wildman–Crippen MR) is 61.5 cm³/mol. The van der Waals surface area contributed by atoms with Gasteiger partial charge in [-0.15, -0.1) is 0 Å². The standard InChI is InChI=1S/C12H14N2O2/c15-8-3-4-9-11(5-8)13-10(7-1-2-7)6-12(16)14-9/h3-5,7,10,13,15H,1-2,6H2,(H,14,16). The van der Waals surface area contributed by atoms with Crippen LogP contribution < -0.4 is 10.6 Å². The number of nitrogens with one attached hydrogen (secondary N) is 2. The first kappa shape index (κ1) is 9.51. The first-order valence-corrected chi connectivity index (χ1v) is 5.62. The second-order valence-electron chi connectivity index (χ2n) is 4.57. The Bertz CT molecular complexity index is 441. The number of benzene rings is 1. The molecule has 3 rings (SSSR count). The molecule has 16 heavy (non-hydrogen) atoms. The lowest BCUT2D eigenvalue weighted by atomic mass is 10.1. The molecule has 1 aromatic rings. The Balaban J connectivity index is 1.95. The molecule has 2 aliphatic rings. The molecule has 3 N–H and O–H groups in total. The normalized spacial score (nSPS) is 24.0. The molecular weight excluding hydrogens is 204 g/mol. The zero-order chi connectivity index (χ0) is 11.1. The Labute approximate surface area is 93.7 Å². The minimum atomic E-state index is 0.0499. The number of fused-ring (bicyclic) bond motifs is 1. The maximum absolute atomic E-state index is 11.7. The van der Waals surface area contributed by atoms with E-state index >= 15 is 0 Å². The van der Waals surface area contributed by atoms with Gasteiger partial charge in [0.15, 0.2) is 0 Å². The molecule has 4 heteroatoms. The van der Waals surface area contributed by atoms with Gasteiger partial charge in [0.1, 0.15) is 5.75 Å². The fourth-order valence-corrected chi connectivity index (χ4v) is 2.20. The lowest BCUT2D eigenvalue weighted by Crippen LogP contribution is -2.24. The van der Waals surface area contributed by atoms with Crippen LogP contribution in [0.15, 0.2) is 18.2 Å². The minimum Gasteiger partial charge on any atom is -0.508 e. The molecule has 1 fully saturated rings. The van der Waals surface area contributed by atoms with Crippen LogP contribution in [0.3, 0.4) is 0 Å². The predicted octanol–water partition coefficient (Wildman–Crippen LogP) is 1.92. The average molecular weight is 218 g/mol. The van der Waals surface area contributed by atoms with E-state index in [-0.39, 0.29) is 17.7 Å². The minimum absolute atomic E-state index is 0.0499. The van der Waals surface area contributed by atoms with Gasteiger partial charge in [-0.1, -0.05) is 0 Å². The summed E-state index contributed by atoms with van der Waals surface area (Å²) in [4.78, 5) is 11.7. The van der Waals surface area contributed by atoms with Gasteiger partial charge in [0.05, 0.1) is 11.4 Å². The number of rotatable bonds is 1. The molecule has 0 aromatic heterocycles. The lowest BCUT2D eigenvalue weighted by Gasteiger charge is -2.15. The molecule has 1 unspecified atom stereocenters. The fourth-order valence-electron chi connectivity index (χ4n) is 2.20. The number of carbonyl (C=O) groups is 1. The largest absolute Gasteiger partial charge is 0.508 e. The molecule has 84 valence electrons. The second kappa shape index (κ2) is 3.40. The van der Waals surface area contributed by atoms with Crippen molar-refractivity contribution >= 4 is 17.3 Å². The van der Waals surface area contributed by atoms with Gasteiger partial charge < -0.3 is 15.7 Å². The van der Waals surface area contributed by atoms with E-state index in [2.05, 4.69) is 10.6 Å². The number of phenols is 1. The highest BCUT2D eigenvalue weighted by Crippen LogP contribution is 2.39. The van der Waals surface area contributed by atoms with Gasteiger partial charge in [-0.05, 0) is 30.9 Å². The summed E-state index contributed by atoms with van der Waals surface area (Å²) in [6.45, 7) is 0. The van der Waals surface area contributed by atoms with Crippen molar-refractivity contribution in [3.63, 3.8) is 0 Å². The van der Waals surface area contributed by atoms with Crippen LogP contribution in [-0.2, 0) is 4.79 Å². The Morgan fingerprint density at radius 1 is 1.25 bits per heavy atom. The third kappa shape index (κ3) is 1.71. The second-order valence-corrected chi connectivity index (χ2v) is 4.57. The molecule has 1 aliphatic heterocycles. The first-order valence-electron chi connectivity index (χ1n) is 5.62. The molecule has 0 spiro atoms. The molecule has 1 heterocycles. The summed E-state index contributed by atoms with van der Waals surface area (Å²) >= 11 is 0. The van der Waals surface area contributed by atoms with Gasteiger partial charge in [-0.25, -0.2) is 0 Å². The maximum Gasteiger partial charge on any atom is 0.226 e. The quantitative estimate of drug-likeness (QED) is 0.631. The zero-order valence-corrected chi connectivity index (χ0v) is 8.86. The van der Waals surface area contributed by atoms with Crippen LogP contribution >= 0.6 is 0 Å². The van der Waals surface area contributed by atoms with E-state index in [9.17, 15) is 9.90 Å². The van der Waals surface area contributed by atoms with Gasteiger partial charge in [-0.3, -0.25) is 4.79 Å². The smallest absolute Gasteiger partial charge is 0.226 e. The van der Waals surface area contributed by atoms with Crippen molar-refractivity contribution in [2.75, 3.05) is 10.6 Å². The molecular formula is C12H14N2O2. The summed E-state index contributed by atoms with van der Waals surface area (Å²) < 4.78 is 0. The van der Waals surface area contributed by atoms with Crippen molar-refractivity contribution < 1.29 is 9.90 Å².